The summed E-state index contributed by atoms with van der Waals surface area (Å²) in [4.78, 5) is 11.4. The van der Waals surface area contributed by atoms with E-state index in [-0.39, 0.29) is 4.75 Å². The monoisotopic (exact) mass is 339 g/mol. The van der Waals surface area contributed by atoms with Crippen LogP contribution in [0.4, 0.5) is 0 Å². The molecule has 0 saturated carbocycles. The Morgan fingerprint density at radius 2 is 2.04 bits per heavy atom. The summed E-state index contributed by atoms with van der Waals surface area (Å²) in [5, 5.41) is 9.35. The van der Waals surface area contributed by atoms with Crippen molar-refractivity contribution in [3.05, 3.63) is 34.4 Å². The van der Waals surface area contributed by atoms with Crippen molar-refractivity contribution in [1.82, 2.24) is 4.72 Å². The summed E-state index contributed by atoms with van der Waals surface area (Å²) in [6.45, 7) is 10.5. The predicted octanol–water partition coefficient (Wildman–Crippen LogP) is 2.53. The largest absolute Gasteiger partial charge is 0.598 e. The molecule has 5 nitrogen and oxygen atoms in total. The van der Waals surface area contributed by atoms with Crippen molar-refractivity contribution >= 4 is 17.3 Å². The highest BCUT2D eigenvalue weighted by Crippen LogP contribution is 2.36. The van der Waals surface area contributed by atoms with E-state index < -0.39 is 22.9 Å². The van der Waals surface area contributed by atoms with Gasteiger partial charge in [0.05, 0.1) is 18.8 Å². The Balaban J connectivity index is 2.45. The molecule has 128 valence electrons. The lowest BCUT2D eigenvalue weighted by Crippen LogP contribution is -2.62. The molecule has 0 spiro atoms. The molecule has 1 fully saturated rings. The van der Waals surface area contributed by atoms with Gasteiger partial charge >= 0.3 is 5.97 Å². The van der Waals surface area contributed by atoms with Crippen molar-refractivity contribution < 1.29 is 19.2 Å². The van der Waals surface area contributed by atoms with Gasteiger partial charge in [-0.3, -0.25) is 0 Å². The first kappa shape index (κ1) is 18.3. The molecule has 6 heteroatoms. The predicted molar refractivity (Wildman–Crippen MR) is 91.0 cm³/mol. The topological polar surface area (TPSA) is 81.6 Å². The van der Waals surface area contributed by atoms with Crippen LogP contribution in [0.5, 0.6) is 0 Å². The Morgan fingerprint density at radius 3 is 2.43 bits per heavy atom. The van der Waals surface area contributed by atoms with Crippen molar-refractivity contribution in [1.29, 1.82) is 0 Å². The van der Waals surface area contributed by atoms with Crippen LogP contribution in [0, 0.1) is 6.92 Å². The molecule has 1 aromatic carbocycles. The number of aromatic carboxylic acids is 1. The second kappa shape index (κ2) is 6.43. The number of hydrogen-bond acceptors (Lipinski definition) is 4. The zero-order valence-electron chi connectivity index (χ0n) is 14.4. The van der Waals surface area contributed by atoms with Crippen LogP contribution in [-0.4, -0.2) is 33.6 Å². The Morgan fingerprint density at radius 1 is 1.43 bits per heavy atom. The molecule has 1 aromatic rings. The fourth-order valence-electron chi connectivity index (χ4n) is 2.84. The van der Waals surface area contributed by atoms with Gasteiger partial charge in [0.15, 0.2) is 0 Å². The fourth-order valence-corrected chi connectivity index (χ4v) is 3.73. The maximum absolute atomic E-state index is 12.5. The van der Waals surface area contributed by atoms with Gasteiger partial charge in [-0.15, -0.1) is 4.72 Å². The number of hydrogen-bond donors (Lipinski definition) is 2. The maximum Gasteiger partial charge on any atom is 0.335 e. The molecule has 1 heterocycles. The third kappa shape index (κ3) is 3.40. The minimum atomic E-state index is -1.23. The molecule has 1 atom stereocenters. The van der Waals surface area contributed by atoms with E-state index in [1.807, 2.05) is 40.7 Å². The van der Waals surface area contributed by atoms with Gasteiger partial charge in [-0.2, -0.15) is 0 Å². The molecule has 1 unspecified atom stereocenters. The molecule has 0 bridgehead atoms. The lowest BCUT2D eigenvalue weighted by atomic mass is 9.82. The van der Waals surface area contributed by atoms with E-state index in [1.165, 1.54) is 0 Å². The van der Waals surface area contributed by atoms with Crippen LogP contribution in [0.1, 0.15) is 54.7 Å². The van der Waals surface area contributed by atoms with Crippen molar-refractivity contribution in [2.75, 3.05) is 13.2 Å². The number of carbonyl (C=O) groups is 1. The molecule has 0 radical (unpaired) electrons. The van der Waals surface area contributed by atoms with Gasteiger partial charge in [0.1, 0.15) is 10.3 Å². The van der Waals surface area contributed by atoms with Crippen LogP contribution >= 0.6 is 0 Å². The Kier molecular flexibility index (Phi) is 5.11. The Labute approximate surface area is 140 Å². The standard InChI is InChI=1S/C17H25NO4S/c1-6-12-11(2)14(8-7-13(12)15(19)20)17(9-22-10-17)18-23(21)16(3,4)5/h7-8,18H,6,9-10H2,1-5H3,(H,19,20). The molecule has 2 N–H and O–H groups in total. The number of benzene rings is 1. The average molecular weight is 339 g/mol. The van der Waals surface area contributed by atoms with E-state index in [4.69, 9.17) is 4.74 Å². The molecule has 0 aromatic heterocycles. The summed E-state index contributed by atoms with van der Waals surface area (Å²) >= 11 is -1.23. The van der Waals surface area contributed by atoms with E-state index in [9.17, 15) is 14.5 Å². The summed E-state index contributed by atoms with van der Waals surface area (Å²) in [6, 6.07) is 3.47. The van der Waals surface area contributed by atoms with E-state index in [0.717, 1.165) is 16.7 Å². The molecule has 1 aliphatic rings. The quantitative estimate of drug-likeness (QED) is 0.806. The molecular weight excluding hydrogens is 314 g/mol. The molecule has 0 aliphatic carbocycles. The van der Waals surface area contributed by atoms with Crippen LogP contribution in [0.3, 0.4) is 0 Å². The number of carboxylic acid groups (broad SMARTS) is 1. The second-order valence-corrected chi connectivity index (χ2v) is 8.95. The van der Waals surface area contributed by atoms with Gasteiger partial charge < -0.3 is 14.4 Å². The van der Waals surface area contributed by atoms with Gasteiger partial charge in [-0.05, 0) is 56.9 Å². The van der Waals surface area contributed by atoms with E-state index in [1.54, 1.807) is 6.07 Å². The van der Waals surface area contributed by atoms with Crippen molar-refractivity contribution in [3.63, 3.8) is 0 Å². The van der Waals surface area contributed by atoms with Crippen LogP contribution in [0.15, 0.2) is 12.1 Å². The summed E-state index contributed by atoms with van der Waals surface area (Å²) in [7, 11) is 0. The second-order valence-electron chi connectivity index (χ2n) is 6.98. The molecule has 2 rings (SSSR count). The first-order valence-corrected chi connectivity index (χ1v) is 8.91. The van der Waals surface area contributed by atoms with E-state index in [0.29, 0.717) is 25.2 Å². The van der Waals surface area contributed by atoms with Gasteiger partial charge in [0, 0.05) is 11.4 Å². The third-order valence-electron chi connectivity index (χ3n) is 4.24. The first-order valence-electron chi connectivity index (χ1n) is 7.76. The molecule has 23 heavy (non-hydrogen) atoms. The lowest BCUT2D eigenvalue weighted by molar-refractivity contribution is -0.0669. The number of rotatable bonds is 5. The molecule has 1 aliphatic heterocycles. The minimum Gasteiger partial charge on any atom is -0.598 e. The van der Waals surface area contributed by atoms with Crippen molar-refractivity contribution in [2.24, 2.45) is 0 Å². The minimum absolute atomic E-state index is 0.334. The van der Waals surface area contributed by atoms with Crippen LogP contribution < -0.4 is 4.72 Å². The first-order chi connectivity index (χ1) is 10.6. The normalized spacial score (nSPS) is 18.3. The zero-order valence-corrected chi connectivity index (χ0v) is 15.2. The summed E-state index contributed by atoms with van der Waals surface area (Å²) in [5.74, 6) is -0.915. The summed E-state index contributed by atoms with van der Waals surface area (Å²) in [5.41, 5.74) is 2.56. The van der Waals surface area contributed by atoms with Crippen LogP contribution in [0.2, 0.25) is 0 Å². The Bertz CT molecular complexity index is 605. The molecule has 0 amide bonds. The SMILES string of the molecule is CCc1c(C(=O)O)ccc(C2(N[S+]([O-])C(C)(C)C)COC2)c1C. The molecule has 1 saturated heterocycles. The van der Waals surface area contributed by atoms with Gasteiger partial charge in [-0.25, -0.2) is 4.79 Å². The Hall–Kier alpha value is -1.08. The highest BCUT2D eigenvalue weighted by Gasteiger charge is 2.47. The van der Waals surface area contributed by atoms with E-state index in [2.05, 4.69) is 4.72 Å². The average Bonchev–Trinajstić information content (AvgIpc) is 2.41. The fraction of sp³-hybridized carbons (Fsp3) is 0.588. The highest BCUT2D eigenvalue weighted by molar-refractivity contribution is 7.90. The zero-order chi connectivity index (χ0) is 17.4. The highest BCUT2D eigenvalue weighted by atomic mass is 32.2. The van der Waals surface area contributed by atoms with Crippen molar-refractivity contribution in [3.8, 4) is 0 Å². The summed E-state index contributed by atoms with van der Waals surface area (Å²) in [6.07, 6.45) is 0.639. The summed E-state index contributed by atoms with van der Waals surface area (Å²) < 4.78 is 20.8. The van der Waals surface area contributed by atoms with Crippen molar-refractivity contribution in [2.45, 2.75) is 51.3 Å². The van der Waals surface area contributed by atoms with Crippen LogP contribution in [0.25, 0.3) is 0 Å². The maximum atomic E-state index is 12.5. The number of ether oxygens (including phenoxy) is 1. The number of nitrogens with one attached hydrogen (secondary N) is 1. The van der Waals surface area contributed by atoms with Gasteiger partial charge in [0.2, 0.25) is 0 Å². The smallest absolute Gasteiger partial charge is 0.335 e. The lowest BCUT2D eigenvalue weighted by Gasteiger charge is -2.44. The molecular formula is C17H25NO4S. The van der Waals surface area contributed by atoms with E-state index >= 15 is 0 Å². The third-order valence-corrected chi connectivity index (χ3v) is 5.93. The van der Waals surface area contributed by atoms with Gasteiger partial charge in [0.25, 0.3) is 0 Å². The van der Waals surface area contributed by atoms with Gasteiger partial charge in [-0.1, -0.05) is 13.0 Å². The number of carboxylic acids is 1. The van der Waals surface area contributed by atoms with Crippen LogP contribution in [-0.2, 0) is 28.1 Å².